The molecule has 1 amide bonds. The number of fused-ring (bicyclic) bond motifs is 1. The highest BCUT2D eigenvalue weighted by Crippen LogP contribution is 2.21. The van der Waals surface area contributed by atoms with Gasteiger partial charge in [0.2, 0.25) is 5.91 Å². The summed E-state index contributed by atoms with van der Waals surface area (Å²) in [6, 6.07) is 11.4. The summed E-state index contributed by atoms with van der Waals surface area (Å²) in [6.45, 7) is 1.78. The zero-order chi connectivity index (χ0) is 20.3. The molecule has 0 aliphatic rings. The molecular formula is C21H22FN3O3. The van der Waals surface area contributed by atoms with Crippen LogP contribution in [0.25, 0.3) is 10.9 Å². The summed E-state index contributed by atoms with van der Waals surface area (Å²) in [6.07, 6.45) is 0.494. The number of methoxy groups -OCH3 is 1. The van der Waals surface area contributed by atoms with Gasteiger partial charge in [0.05, 0.1) is 24.1 Å². The normalized spacial score (nSPS) is 12.0. The summed E-state index contributed by atoms with van der Waals surface area (Å²) in [5.41, 5.74) is 1.12. The summed E-state index contributed by atoms with van der Waals surface area (Å²) < 4.78 is 20.2. The van der Waals surface area contributed by atoms with E-state index in [-0.39, 0.29) is 29.7 Å². The molecular weight excluding hydrogens is 361 g/mol. The van der Waals surface area contributed by atoms with Gasteiger partial charge in [-0.2, -0.15) is 0 Å². The lowest BCUT2D eigenvalue weighted by Gasteiger charge is -2.15. The van der Waals surface area contributed by atoms with Crippen molar-refractivity contribution in [2.45, 2.75) is 25.8 Å². The molecule has 0 fully saturated rings. The predicted octanol–water partition coefficient (Wildman–Crippen LogP) is 2.89. The third-order valence-corrected chi connectivity index (χ3v) is 4.70. The molecule has 0 aliphatic carbocycles. The number of nitrogens with one attached hydrogen (secondary N) is 1. The van der Waals surface area contributed by atoms with Crippen LogP contribution in [0.4, 0.5) is 4.39 Å². The molecule has 28 heavy (non-hydrogen) atoms. The topological polar surface area (TPSA) is 73.2 Å². The average molecular weight is 383 g/mol. The molecule has 146 valence electrons. The van der Waals surface area contributed by atoms with E-state index in [1.807, 2.05) is 6.07 Å². The third kappa shape index (κ3) is 4.03. The minimum absolute atomic E-state index is 0.136. The van der Waals surface area contributed by atoms with Gasteiger partial charge in [-0.05, 0) is 36.8 Å². The highest BCUT2D eigenvalue weighted by Gasteiger charge is 2.14. The lowest BCUT2D eigenvalue weighted by molar-refractivity contribution is -0.121. The molecule has 2 aromatic carbocycles. The zero-order valence-electron chi connectivity index (χ0n) is 16.0. The summed E-state index contributed by atoms with van der Waals surface area (Å²) in [5, 5.41) is 3.39. The van der Waals surface area contributed by atoms with Crippen molar-refractivity contribution in [1.82, 2.24) is 14.9 Å². The number of hydrogen-bond acceptors (Lipinski definition) is 4. The molecule has 3 aromatic rings. The van der Waals surface area contributed by atoms with Gasteiger partial charge in [0, 0.05) is 19.9 Å². The Balaban J connectivity index is 1.67. The van der Waals surface area contributed by atoms with Crippen molar-refractivity contribution in [3.8, 4) is 5.75 Å². The Morgan fingerprint density at radius 2 is 2.04 bits per heavy atom. The SMILES string of the molecule is COc1ccc([C@H](C)NC(=O)CCc2nc3ccccc3c(=O)n2C)cc1F. The molecule has 1 heterocycles. The molecule has 6 nitrogen and oxygen atoms in total. The van der Waals surface area contributed by atoms with E-state index >= 15 is 0 Å². The number of ether oxygens (including phenoxy) is 1. The summed E-state index contributed by atoms with van der Waals surface area (Å²) in [7, 11) is 3.05. The Bertz CT molecular complexity index is 1080. The fraction of sp³-hybridized carbons (Fsp3) is 0.286. The van der Waals surface area contributed by atoms with Gasteiger partial charge in [-0.1, -0.05) is 18.2 Å². The smallest absolute Gasteiger partial charge is 0.261 e. The maximum absolute atomic E-state index is 13.8. The van der Waals surface area contributed by atoms with Crippen LogP contribution >= 0.6 is 0 Å². The summed E-state index contributed by atoms with van der Waals surface area (Å²) in [4.78, 5) is 29.2. The van der Waals surface area contributed by atoms with Crippen LogP contribution in [0.2, 0.25) is 0 Å². The quantitative estimate of drug-likeness (QED) is 0.710. The first-order chi connectivity index (χ1) is 13.4. The number of para-hydroxylation sites is 1. The van der Waals surface area contributed by atoms with Gasteiger partial charge >= 0.3 is 0 Å². The van der Waals surface area contributed by atoms with E-state index in [9.17, 15) is 14.0 Å². The van der Waals surface area contributed by atoms with Crippen LogP contribution in [0.3, 0.4) is 0 Å². The van der Waals surface area contributed by atoms with Gasteiger partial charge in [-0.3, -0.25) is 14.2 Å². The van der Waals surface area contributed by atoms with Crippen LogP contribution < -0.4 is 15.6 Å². The van der Waals surface area contributed by atoms with Gasteiger partial charge in [0.25, 0.3) is 5.56 Å². The molecule has 1 atom stereocenters. The van der Waals surface area contributed by atoms with Gasteiger partial charge in [0.1, 0.15) is 5.82 Å². The third-order valence-electron chi connectivity index (χ3n) is 4.70. The Morgan fingerprint density at radius 3 is 2.75 bits per heavy atom. The van der Waals surface area contributed by atoms with Crippen molar-refractivity contribution >= 4 is 16.8 Å². The van der Waals surface area contributed by atoms with Gasteiger partial charge < -0.3 is 10.1 Å². The predicted molar refractivity (Wildman–Crippen MR) is 105 cm³/mol. The average Bonchev–Trinajstić information content (AvgIpc) is 2.69. The van der Waals surface area contributed by atoms with Crippen molar-refractivity contribution in [1.29, 1.82) is 0 Å². The number of amides is 1. The van der Waals surface area contributed by atoms with E-state index in [2.05, 4.69) is 10.3 Å². The van der Waals surface area contributed by atoms with Crippen LogP contribution in [0, 0.1) is 5.82 Å². The second-order valence-electron chi connectivity index (χ2n) is 6.59. The lowest BCUT2D eigenvalue weighted by Crippen LogP contribution is -2.28. The van der Waals surface area contributed by atoms with Crippen LogP contribution in [0.5, 0.6) is 5.75 Å². The molecule has 1 N–H and O–H groups in total. The maximum atomic E-state index is 13.8. The molecule has 0 saturated carbocycles. The molecule has 0 bridgehead atoms. The number of aromatic nitrogens is 2. The summed E-state index contributed by atoms with van der Waals surface area (Å²) in [5.74, 6) is 0.0233. The number of halogens is 1. The van der Waals surface area contributed by atoms with Crippen LogP contribution in [-0.2, 0) is 18.3 Å². The molecule has 1 aromatic heterocycles. The monoisotopic (exact) mass is 383 g/mol. The Hall–Kier alpha value is -3.22. The number of carbonyl (C=O) groups is 1. The van der Waals surface area contributed by atoms with Gasteiger partial charge in [0.15, 0.2) is 11.6 Å². The van der Waals surface area contributed by atoms with Crippen molar-refractivity contribution in [3.63, 3.8) is 0 Å². The number of benzene rings is 2. The van der Waals surface area contributed by atoms with E-state index < -0.39 is 5.82 Å². The van der Waals surface area contributed by atoms with E-state index in [1.165, 1.54) is 23.8 Å². The highest BCUT2D eigenvalue weighted by atomic mass is 19.1. The molecule has 0 spiro atoms. The second-order valence-corrected chi connectivity index (χ2v) is 6.59. The molecule has 7 heteroatoms. The van der Waals surface area contributed by atoms with E-state index in [0.717, 1.165) is 0 Å². The molecule has 0 radical (unpaired) electrons. The van der Waals surface area contributed by atoms with Crippen molar-refractivity contribution in [2.24, 2.45) is 7.05 Å². The fourth-order valence-electron chi connectivity index (χ4n) is 3.06. The standard InChI is InChI=1S/C21H22FN3O3/c1-13(14-8-9-18(28-3)16(22)12-14)23-20(26)11-10-19-24-17-7-5-4-6-15(17)21(27)25(19)2/h4-9,12-13H,10-11H2,1-3H3,(H,23,26)/t13-/m0/s1. The molecule has 0 saturated heterocycles. The first-order valence-electron chi connectivity index (χ1n) is 8.98. The van der Waals surface area contributed by atoms with Gasteiger partial charge in [-0.15, -0.1) is 0 Å². The largest absolute Gasteiger partial charge is 0.494 e. The number of hydrogen-bond donors (Lipinski definition) is 1. The minimum atomic E-state index is -0.475. The number of carbonyl (C=O) groups excluding carboxylic acids is 1. The molecule has 0 aliphatic heterocycles. The van der Waals surface area contributed by atoms with Crippen LogP contribution in [0.1, 0.15) is 30.8 Å². The zero-order valence-corrected chi connectivity index (χ0v) is 16.0. The highest BCUT2D eigenvalue weighted by molar-refractivity contribution is 5.78. The van der Waals surface area contributed by atoms with Crippen molar-refractivity contribution in [2.75, 3.05) is 7.11 Å². The second kappa shape index (κ2) is 8.21. The van der Waals surface area contributed by atoms with Crippen LogP contribution in [-0.4, -0.2) is 22.6 Å². The van der Waals surface area contributed by atoms with E-state index in [1.54, 1.807) is 38.2 Å². The van der Waals surface area contributed by atoms with Crippen LogP contribution in [0.15, 0.2) is 47.3 Å². The van der Waals surface area contributed by atoms with Crippen molar-refractivity contribution in [3.05, 3.63) is 70.0 Å². The van der Waals surface area contributed by atoms with E-state index in [0.29, 0.717) is 28.7 Å². The fourth-order valence-corrected chi connectivity index (χ4v) is 3.06. The van der Waals surface area contributed by atoms with Gasteiger partial charge in [-0.25, -0.2) is 9.37 Å². The first kappa shape index (κ1) is 19.5. The van der Waals surface area contributed by atoms with E-state index in [4.69, 9.17) is 4.74 Å². The Labute approximate surface area is 162 Å². The number of nitrogens with zero attached hydrogens (tertiary/aromatic N) is 2. The molecule has 0 unspecified atom stereocenters. The van der Waals surface area contributed by atoms with Crippen molar-refractivity contribution < 1.29 is 13.9 Å². The number of aryl methyl sites for hydroxylation is 1. The minimum Gasteiger partial charge on any atom is -0.494 e. The summed E-state index contributed by atoms with van der Waals surface area (Å²) >= 11 is 0. The maximum Gasteiger partial charge on any atom is 0.261 e. The number of rotatable bonds is 6. The lowest BCUT2D eigenvalue weighted by atomic mass is 10.1. The Kier molecular flexibility index (Phi) is 5.73. The first-order valence-corrected chi connectivity index (χ1v) is 8.98. The Morgan fingerprint density at radius 1 is 1.29 bits per heavy atom. The molecule has 3 rings (SSSR count).